The zero-order valence-corrected chi connectivity index (χ0v) is 5.50. The second-order valence-electron chi connectivity index (χ2n) is 2.02. The molecule has 0 aliphatic carbocycles. The Labute approximate surface area is 58.3 Å². The van der Waals surface area contributed by atoms with Gasteiger partial charge in [0.2, 0.25) is 0 Å². The summed E-state index contributed by atoms with van der Waals surface area (Å²) in [5.41, 5.74) is 1.59. The highest BCUT2D eigenvalue weighted by atomic mass is 15.0. The third-order valence-electron chi connectivity index (χ3n) is 1.34. The molecular weight excluding hydrogens is 126 g/mol. The number of aromatic nitrogens is 3. The normalized spacial score (nSPS) is 9.70. The molecular formula is C7H5N3. The van der Waals surface area contributed by atoms with E-state index in [0.717, 1.165) is 11.2 Å². The smallest absolute Gasteiger partial charge is 0.174 e. The molecule has 0 aromatic carbocycles. The standard InChI is InChI=1S/C7H5N3/c1-10-5-2-6-7(10)9-4-3-8-6/h3-4H,1H3. The molecule has 48 valence electrons. The van der Waals surface area contributed by atoms with Crippen molar-refractivity contribution in [1.29, 1.82) is 0 Å². The number of rotatable bonds is 0. The van der Waals surface area contributed by atoms with Gasteiger partial charge in [0, 0.05) is 25.6 Å². The minimum absolute atomic E-state index is 0.769. The van der Waals surface area contributed by atoms with Crippen LogP contribution in [0.5, 0.6) is 0 Å². The van der Waals surface area contributed by atoms with E-state index in [1.165, 1.54) is 0 Å². The number of aryl methyl sites for hydroxylation is 1. The zero-order chi connectivity index (χ0) is 6.97. The van der Waals surface area contributed by atoms with Crippen molar-refractivity contribution in [3.63, 3.8) is 0 Å². The molecule has 0 N–H and O–H groups in total. The first-order chi connectivity index (χ1) is 4.88. The molecule has 0 saturated carbocycles. The van der Waals surface area contributed by atoms with Crippen molar-refractivity contribution in [2.75, 3.05) is 0 Å². The predicted octanol–water partition coefficient (Wildman–Crippen LogP) is 0.569. The Kier molecular flexibility index (Phi) is 0.896. The first kappa shape index (κ1) is 5.24. The van der Waals surface area contributed by atoms with Crippen molar-refractivity contribution >= 4 is 11.2 Å². The molecule has 10 heavy (non-hydrogen) atoms. The van der Waals surface area contributed by atoms with Gasteiger partial charge in [-0.2, -0.15) is 0 Å². The lowest BCUT2D eigenvalue weighted by Crippen LogP contribution is -1.87. The Bertz CT molecular complexity index is 350. The lowest BCUT2D eigenvalue weighted by Gasteiger charge is -1.88. The van der Waals surface area contributed by atoms with Crippen LogP contribution in [0.3, 0.4) is 0 Å². The van der Waals surface area contributed by atoms with Crippen LogP contribution in [-0.4, -0.2) is 14.5 Å². The molecule has 0 bridgehead atoms. The van der Waals surface area contributed by atoms with Crippen LogP contribution in [0, 0.1) is 12.3 Å². The maximum atomic E-state index is 4.08. The summed E-state index contributed by atoms with van der Waals surface area (Å²) >= 11 is 0. The highest BCUT2D eigenvalue weighted by Gasteiger charge is 1.94. The highest BCUT2D eigenvalue weighted by molar-refractivity contribution is 5.67. The van der Waals surface area contributed by atoms with E-state index in [0.29, 0.717) is 0 Å². The van der Waals surface area contributed by atoms with Gasteiger partial charge in [0.25, 0.3) is 0 Å². The summed E-state index contributed by atoms with van der Waals surface area (Å²) in [4.78, 5) is 8.11. The van der Waals surface area contributed by atoms with Crippen LogP contribution in [0.15, 0.2) is 12.4 Å². The van der Waals surface area contributed by atoms with E-state index in [-0.39, 0.29) is 0 Å². The molecule has 3 nitrogen and oxygen atoms in total. The SMILES string of the molecule is Cn1c#cc2nccnc21. The maximum Gasteiger partial charge on any atom is 0.174 e. The second kappa shape index (κ2) is 1.71. The quantitative estimate of drug-likeness (QED) is 0.523. The largest absolute Gasteiger partial charge is 0.286 e. The molecule has 0 aliphatic rings. The second-order valence-corrected chi connectivity index (χ2v) is 2.02. The van der Waals surface area contributed by atoms with Gasteiger partial charge in [-0.25, -0.2) is 9.97 Å². The molecule has 3 heteroatoms. The van der Waals surface area contributed by atoms with Gasteiger partial charge in [0.05, 0.1) is 0 Å². The number of nitrogens with zero attached hydrogens (tertiary/aromatic N) is 3. The van der Waals surface area contributed by atoms with Crippen LogP contribution in [0.4, 0.5) is 0 Å². The first-order valence-corrected chi connectivity index (χ1v) is 2.94. The Balaban J connectivity index is 2.93. The van der Waals surface area contributed by atoms with E-state index in [1.807, 2.05) is 7.05 Å². The van der Waals surface area contributed by atoms with Crippen LogP contribution in [0.2, 0.25) is 0 Å². The van der Waals surface area contributed by atoms with Gasteiger partial charge in [-0.15, -0.1) is 0 Å². The molecule has 0 saturated heterocycles. The summed E-state index contributed by atoms with van der Waals surface area (Å²) in [6.45, 7) is 0. The fourth-order valence-electron chi connectivity index (χ4n) is 0.854. The average molecular weight is 131 g/mol. The number of hydrogen-bond acceptors (Lipinski definition) is 2. The van der Waals surface area contributed by atoms with Gasteiger partial charge >= 0.3 is 0 Å². The fourth-order valence-corrected chi connectivity index (χ4v) is 0.854. The van der Waals surface area contributed by atoms with Crippen LogP contribution in [0.1, 0.15) is 0 Å². The summed E-state index contributed by atoms with van der Waals surface area (Å²) in [6.07, 6.45) is 6.15. The molecule has 2 rings (SSSR count). The molecule has 0 aliphatic heterocycles. The Morgan fingerprint density at radius 2 is 2.20 bits per heavy atom. The summed E-state index contributed by atoms with van der Waals surface area (Å²) in [7, 11) is 1.87. The van der Waals surface area contributed by atoms with Gasteiger partial charge in [0.1, 0.15) is 0 Å². The van der Waals surface area contributed by atoms with Crippen molar-refractivity contribution in [2.45, 2.75) is 0 Å². The number of fused-ring (bicyclic) bond motifs is 1. The van der Waals surface area contributed by atoms with Gasteiger partial charge in [-0.1, -0.05) is 0 Å². The van der Waals surface area contributed by atoms with Crippen molar-refractivity contribution in [2.24, 2.45) is 7.05 Å². The molecule has 2 heterocycles. The number of hydrogen-bond donors (Lipinski definition) is 0. The third kappa shape index (κ3) is 0.560. The highest BCUT2D eigenvalue weighted by Crippen LogP contribution is 2.00. The van der Waals surface area contributed by atoms with E-state index in [4.69, 9.17) is 0 Å². The molecule has 2 aromatic heterocycles. The topological polar surface area (TPSA) is 30.7 Å². The van der Waals surface area contributed by atoms with Gasteiger partial charge in [-0.3, -0.25) is 4.57 Å². The maximum absolute atomic E-state index is 4.08. The van der Waals surface area contributed by atoms with E-state index in [9.17, 15) is 0 Å². The van der Waals surface area contributed by atoms with E-state index < -0.39 is 0 Å². The van der Waals surface area contributed by atoms with E-state index in [1.54, 1.807) is 17.0 Å². The van der Waals surface area contributed by atoms with Gasteiger partial charge in [-0.05, 0) is 6.07 Å². The Hall–Kier alpha value is -1.56. The van der Waals surface area contributed by atoms with Crippen molar-refractivity contribution in [3.8, 4) is 0 Å². The summed E-state index contributed by atoms with van der Waals surface area (Å²) in [6, 6.07) is 2.85. The average Bonchev–Trinajstić information content (AvgIpc) is 2.34. The fraction of sp³-hybridized carbons (Fsp3) is 0.143. The Morgan fingerprint density at radius 1 is 1.40 bits per heavy atom. The summed E-state index contributed by atoms with van der Waals surface area (Å²) in [5.74, 6) is 0. The zero-order valence-electron chi connectivity index (χ0n) is 5.50. The molecule has 0 unspecified atom stereocenters. The minimum Gasteiger partial charge on any atom is -0.286 e. The van der Waals surface area contributed by atoms with Crippen molar-refractivity contribution in [1.82, 2.24) is 14.5 Å². The summed E-state index contributed by atoms with van der Waals surface area (Å²) < 4.78 is 1.77. The predicted molar refractivity (Wildman–Crippen MR) is 36.2 cm³/mol. The first-order valence-electron chi connectivity index (χ1n) is 2.94. The van der Waals surface area contributed by atoms with Crippen LogP contribution < -0.4 is 0 Å². The lowest BCUT2D eigenvalue weighted by atomic mass is 10.6. The Morgan fingerprint density at radius 3 is 3.00 bits per heavy atom. The monoisotopic (exact) mass is 131 g/mol. The molecule has 0 radical (unpaired) electrons. The lowest BCUT2D eigenvalue weighted by molar-refractivity contribution is 0.945. The molecule has 2 aromatic rings. The molecule has 0 atom stereocenters. The summed E-state index contributed by atoms with van der Waals surface area (Å²) in [5, 5.41) is 0. The third-order valence-corrected chi connectivity index (χ3v) is 1.34. The van der Waals surface area contributed by atoms with Crippen LogP contribution in [0.25, 0.3) is 11.2 Å². The van der Waals surface area contributed by atoms with E-state index >= 15 is 0 Å². The van der Waals surface area contributed by atoms with Crippen LogP contribution >= 0.6 is 0 Å². The van der Waals surface area contributed by atoms with Gasteiger partial charge in [0.15, 0.2) is 11.2 Å². The van der Waals surface area contributed by atoms with Crippen molar-refractivity contribution in [3.05, 3.63) is 24.7 Å². The van der Waals surface area contributed by atoms with Crippen molar-refractivity contribution < 1.29 is 0 Å². The van der Waals surface area contributed by atoms with Gasteiger partial charge < -0.3 is 0 Å². The van der Waals surface area contributed by atoms with E-state index in [2.05, 4.69) is 22.2 Å². The molecule has 0 fully saturated rings. The minimum atomic E-state index is 0.769. The van der Waals surface area contributed by atoms with Crippen LogP contribution in [-0.2, 0) is 7.05 Å². The molecule has 0 amide bonds. The molecule has 0 spiro atoms.